The van der Waals surface area contributed by atoms with Gasteiger partial charge in [0.05, 0.1) is 14.0 Å². The molecule has 16 heavy (non-hydrogen) atoms. The fraction of sp³-hybridized carbons (Fsp3) is 0.667. The minimum atomic E-state index is 0.0119. The molecule has 0 aliphatic heterocycles. The predicted molar refractivity (Wildman–Crippen MR) is 76.3 cm³/mol. The van der Waals surface area contributed by atoms with E-state index in [1.807, 2.05) is 6.07 Å². The first kappa shape index (κ1) is 14.6. The molecular formula is C12H17Cl3S. The Kier molecular flexibility index (Phi) is 7.14. The van der Waals surface area contributed by atoms with Gasteiger partial charge in [0, 0.05) is 5.56 Å². The largest absolute Gasteiger partial charge is 0.118 e. The van der Waals surface area contributed by atoms with Crippen LogP contribution in [0.1, 0.15) is 56.4 Å². The maximum atomic E-state index is 6.30. The third-order valence-corrected chi connectivity index (χ3v) is 4.55. The Labute approximate surface area is 117 Å². The minimum absolute atomic E-state index is 0.0119. The maximum absolute atomic E-state index is 6.30. The van der Waals surface area contributed by atoms with Crippen LogP contribution in [0.25, 0.3) is 0 Å². The second-order valence-corrected chi connectivity index (χ2v) is 6.76. The van der Waals surface area contributed by atoms with E-state index in [4.69, 9.17) is 34.8 Å². The van der Waals surface area contributed by atoms with Crippen molar-refractivity contribution in [3.8, 4) is 0 Å². The number of hydrogen-bond donors (Lipinski definition) is 0. The van der Waals surface area contributed by atoms with Crippen LogP contribution in [0.2, 0.25) is 8.67 Å². The Morgan fingerprint density at radius 2 is 1.88 bits per heavy atom. The second kappa shape index (κ2) is 7.81. The molecule has 0 bridgehead atoms. The van der Waals surface area contributed by atoms with Crippen LogP contribution < -0.4 is 0 Å². The average Bonchev–Trinajstić information content (AvgIpc) is 2.57. The van der Waals surface area contributed by atoms with Gasteiger partial charge in [0.25, 0.3) is 0 Å². The molecule has 0 aliphatic rings. The summed E-state index contributed by atoms with van der Waals surface area (Å²) in [6.45, 7) is 2.22. The molecule has 4 heteroatoms. The van der Waals surface area contributed by atoms with E-state index in [0.29, 0.717) is 0 Å². The fourth-order valence-corrected chi connectivity index (χ4v) is 3.68. The van der Waals surface area contributed by atoms with Crippen LogP contribution in [-0.4, -0.2) is 0 Å². The van der Waals surface area contributed by atoms with Crippen LogP contribution >= 0.6 is 46.1 Å². The zero-order valence-electron chi connectivity index (χ0n) is 9.44. The van der Waals surface area contributed by atoms with Crippen LogP contribution in [0.5, 0.6) is 0 Å². The number of hydrogen-bond acceptors (Lipinski definition) is 1. The second-order valence-electron chi connectivity index (χ2n) is 3.95. The summed E-state index contributed by atoms with van der Waals surface area (Å²) < 4.78 is 1.45. The molecule has 0 nitrogen and oxygen atoms in total. The minimum Gasteiger partial charge on any atom is -0.118 e. The lowest BCUT2D eigenvalue weighted by Crippen LogP contribution is -1.89. The van der Waals surface area contributed by atoms with Crippen molar-refractivity contribution in [2.75, 3.05) is 0 Å². The fourth-order valence-electron chi connectivity index (χ4n) is 1.65. The van der Waals surface area contributed by atoms with Crippen molar-refractivity contribution in [1.82, 2.24) is 0 Å². The molecule has 0 spiro atoms. The van der Waals surface area contributed by atoms with Crippen LogP contribution in [0.3, 0.4) is 0 Å². The highest BCUT2D eigenvalue weighted by molar-refractivity contribution is 7.20. The van der Waals surface area contributed by atoms with Gasteiger partial charge < -0.3 is 0 Å². The standard InChI is InChI=1S/C12H17Cl3S/c1-2-3-4-5-6-7-10(13)9-8-11(14)16-12(9)15/h8,10H,2-7H2,1H3. The summed E-state index contributed by atoms with van der Waals surface area (Å²) in [6.07, 6.45) is 7.30. The van der Waals surface area contributed by atoms with Crippen LogP contribution in [0.4, 0.5) is 0 Å². The summed E-state index contributed by atoms with van der Waals surface area (Å²) in [4.78, 5) is 0. The van der Waals surface area contributed by atoms with Gasteiger partial charge in [-0.25, -0.2) is 0 Å². The summed E-state index contributed by atoms with van der Waals surface area (Å²) in [7, 11) is 0. The van der Waals surface area contributed by atoms with Gasteiger partial charge in [-0.2, -0.15) is 0 Å². The van der Waals surface area contributed by atoms with Crippen molar-refractivity contribution in [1.29, 1.82) is 0 Å². The highest BCUT2D eigenvalue weighted by Gasteiger charge is 2.14. The molecular weight excluding hydrogens is 283 g/mol. The van der Waals surface area contributed by atoms with Gasteiger partial charge in [-0.15, -0.1) is 22.9 Å². The lowest BCUT2D eigenvalue weighted by atomic mass is 10.1. The monoisotopic (exact) mass is 298 g/mol. The van der Waals surface area contributed by atoms with E-state index < -0.39 is 0 Å². The number of rotatable bonds is 7. The van der Waals surface area contributed by atoms with Crippen molar-refractivity contribution in [3.05, 3.63) is 20.3 Å². The molecule has 0 saturated carbocycles. The van der Waals surface area contributed by atoms with Crippen LogP contribution in [0.15, 0.2) is 6.07 Å². The third kappa shape index (κ3) is 4.83. The van der Waals surface area contributed by atoms with E-state index in [2.05, 4.69) is 6.92 Å². The van der Waals surface area contributed by atoms with Crippen LogP contribution in [0, 0.1) is 0 Å². The van der Waals surface area contributed by atoms with E-state index in [1.54, 1.807) is 0 Å². The predicted octanol–water partition coefficient (Wildman–Crippen LogP) is 6.70. The van der Waals surface area contributed by atoms with Crippen LogP contribution in [-0.2, 0) is 0 Å². The summed E-state index contributed by atoms with van der Waals surface area (Å²) in [5.74, 6) is 0. The molecule has 92 valence electrons. The number of unbranched alkanes of at least 4 members (excludes halogenated alkanes) is 4. The first-order valence-corrected chi connectivity index (χ1v) is 7.74. The average molecular weight is 300 g/mol. The zero-order chi connectivity index (χ0) is 12.0. The lowest BCUT2D eigenvalue weighted by molar-refractivity contribution is 0.602. The van der Waals surface area contributed by atoms with Crippen molar-refractivity contribution in [3.63, 3.8) is 0 Å². The van der Waals surface area contributed by atoms with E-state index in [-0.39, 0.29) is 5.38 Å². The van der Waals surface area contributed by atoms with Gasteiger partial charge in [0.2, 0.25) is 0 Å². The highest BCUT2D eigenvalue weighted by atomic mass is 35.5. The molecule has 1 unspecified atom stereocenters. The van der Waals surface area contributed by atoms with E-state index in [0.717, 1.165) is 27.1 Å². The maximum Gasteiger partial charge on any atom is 0.0991 e. The molecule has 1 atom stereocenters. The van der Waals surface area contributed by atoms with Gasteiger partial charge in [-0.1, -0.05) is 62.2 Å². The van der Waals surface area contributed by atoms with E-state index >= 15 is 0 Å². The van der Waals surface area contributed by atoms with Gasteiger partial charge in [-0.3, -0.25) is 0 Å². The molecule has 1 aromatic heterocycles. The van der Waals surface area contributed by atoms with Gasteiger partial charge >= 0.3 is 0 Å². The Bertz CT molecular complexity index is 309. The summed E-state index contributed by atoms with van der Waals surface area (Å²) in [5.41, 5.74) is 0.994. The normalized spacial score (nSPS) is 13.0. The molecule has 0 amide bonds. The first-order valence-electron chi connectivity index (χ1n) is 5.74. The molecule has 1 aromatic rings. The van der Waals surface area contributed by atoms with Crippen molar-refractivity contribution >= 4 is 46.1 Å². The Morgan fingerprint density at radius 3 is 2.44 bits per heavy atom. The molecule has 0 aromatic carbocycles. The number of thiophene rings is 1. The molecule has 1 rings (SSSR count). The molecule has 1 heterocycles. The van der Waals surface area contributed by atoms with Gasteiger partial charge in [0.15, 0.2) is 0 Å². The zero-order valence-corrected chi connectivity index (χ0v) is 12.5. The first-order chi connectivity index (χ1) is 7.65. The number of alkyl halides is 1. The van der Waals surface area contributed by atoms with Gasteiger partial charge in [-0.05, 0) is 12.5 Å². The summed E-state index contributed by atoms with van der Waals surface area (Å²) >= 11 is 19.6. The van der Waals surface area contributed by atoms with E-state index in [9.17, 15) is 0 Å². The Balaban J connectivity index is 2.29. The molecule has 0 fully saturated rings. The lowest BCUT2D eigenvalue weighted by Gasteiger charge is -2.07. The summed E-state index contributed by atoms with van der Waals surface area (Å²) in [6, 6.07) is 1.89. The molecule has 0 saturated heterocycles. The Morgan fingerprint density at radius 1 is 1.19 bits per heavy atom. The Hall–Kier alpha value is 0.570. The quantitative estimate of drug-likeness (QED) is 0.388. The summed E-state index contributed by atoms with van der Waals surface area (Å²) in [5, 5.41) is 0.0119. The topological polar surface area (TPSA) is 0 Å². The van der Waals surface area contributed by atoms with Crippen molar-refractivity contribution in [2.45, 2.75) is 50.8 Å². The number of halogens is 3. The smallest absolute Gasteiger partial charge is 0.0991 e. The third-order valence-electron chi connectivity index (χ3n) is 2.58. The highest BCUT2D eigenvalue weighted by Crippen LogP contribution is 2.39. The van der Waals surface area contributed by atoms with Crippen molar-refractivity contribution in [2.24, 2.45) is 0 Å². The van der Waals surface area contributed by atoms with Gasteiger partial charge in [0.1, 0.15) is 0 Å². The molecule has 0 radical (unpaired) electrons. The van der Waals surface area contributed by atoms with Crippen molar-refractivity contribution < 1.29 is 0 Å². The molecule has 0 N–H and O–H groups in total. The van der Waals surface area contributed by atoms with E-state index in [1.165, 1.54) is 37.0 Å². The molecule has 0 aliphatic carbocycles. The SMILES string of the molecule is CCCCCCCC(Cl)c1cc(Cl)sc1Cl.